The molecule has 0 aliphatic heterocycles. The zero-order valence-corrected chi connectivity index (χ0v) is 14.7. The largest absolute Gasteiger partial charge is 0.311 e. The molecule has 8 nitrogen and oxygen atoms in total. The number of carbonyl (C=O) groups excluding carboxylic acids is 1. The number of hydrogen-bond donors (Lipinski definition) is 1. The van der Waals surface area contributed by atoms with Crippen molar-refractivity contribution in [3.63, 3.8) is 0 Å². The molecular formula is C15H19N5O3S. The Labute approximate surface area is 141 Å². The minimum atomic E-state index is -3.60. The van der Waals surface area contributed by atoms with Crippen molar-refractivity contribution in [1.29, 1.82) is 0 Å². The number of anilines is 2. The van der Waals surface area contributed by atoms with E-state index in [1.54, 1.807) is 30.6 Å². The molecular weight excluding hydrogens is 330 g/mol. The molecule has 0 saturated carbocycles. The van der Waals surface area contributed by atoms with E-state index in [-0.39, 0.29) is 5.91 Å². The molecule has 0 aliphatic carbocycles. The summed E-state index contributed by atoms with van der Waals surface area (Å²) in [6.07, 6.45) is 4.65. The zero-order chi connectivity index (χ0) is 17.9. The van der Waals surface area contributed by atoms with Crippen molar-refractivity contribution in [2.45, 2.75) is 6.92 Å². The van der Waals surface area contributed by atoms with Gasteiger partial charge in [-0.1, -0.05) is 0 Å². The lowest BCUT2D eigenvalue weighted by Crippen LogP contribution is -2.37. The van der Waals surface area contributed by atoms with E-state index < -0.39 is 10.2 Å². The molecule has 0 aromatic carbocycles. The molecule has 2 aromatic rings. The van der Waals surface area contributed by atoms with Gasteiger partial charge in [-0.3, -0.25) is 14.1 Å². The van der Waals surface area contributed by atoms with Crippen molar-refractivity contribution in [2.24, 2.45) is 0 Å². The maximum Gasteiger partial charge on any atom is 0.303 e. The van der Waals surface area contributed by atoms with Gasteiger partial charge in [-0.05, 0) is 23.8 Å². The second kappa shape index (κ2) is 6.93. The van der Waals surface area contributed by atoms with Gasteiger partial charge in [0.1, 0.15) is 5.82 Å². The van der Waals surface area contributed by atoms with Gasteiger partial charge in [-0.2, -0.15) is 12.7 Å². The number of amides is 1. The number of carbonyl (C=O) groups is 1. The van der Waals surface area contributed by atoms with E-state index in [9.17, 15) is 13.2 Å². The van der Waals surface area contributed by atoms with Crippen molar-refractivity contribution in [2.75, 3.05) is 30.8 Å². The van der Waals surface area contributed by atoms with Crippen molar-refractivity contribution < 1.29 is 13.2 Å². The predicted molar refractivity (Wildman–Crippen MR) is 92.8 cm³/mol. The highest BCUT2D eigenvalue weighted by atomic mass is 32.2. The zero-order valence-electron chi connectivity index (χ0n) is 13.9. The van der Waals surface area contributed by atoms with E-state index in [0.717, 1.165) is 14.2 Å². The standard InChI is InChI=1S/C15H19N5O3S/c1-11(21)18-15-8-12(5-6-17-15)13-7-14(10-16-9-13)20(4)24(22,23)19(2)3/h5-10H,1-4H3,(H,17,18,21). The first-order valence-corrected chi connectivity index (χ1v) is 8.47. The van der Waals surface area contributed by atoms with Crippen LogP contribution in [0.3, 0.4) is 0 Å². The van der Waals surface area contributed by atoms with Crippen molar-refractivity contribution in [3.05, 3.63) is 36.8 Å². The quantitative estimate of drug-likeness (QED) is 0.879. The molecule has 0 bridgehead atoms. The molecule has 1 amide bonds. The summed E-state index contributed by atoms with van der Waals surface area (Å²) in [6.45, 7) is 1.40. The number of hydrogen-bond acceptors (Lipinski definition) is 5. The lowest BCUT2D eigenvalue weighted by atomic mass is 10.1. The van der Waals surface area contributed by atoms with Crippen LogP contribution in [0.4, 0.5) is 11.5 Å². The highest BCUT2D eigenvalue weighted by molar-refractivity contribution is 7.90. The minimum Gasteiger partial charge on any atom is -0.311 e. The molecule has 0 fully saturated rings. The number of nitrogens with zero attached hydrogens (tertiary/aromatic N) is 4. The number of aromatic nitrogens is 2. The third-order valence-corrected chi connectivity index (χ3v) is 5.12. The Morgan fingerprint density at radius 3 is 2.46 bits per heavy atom. The summed E-state index contributed by atoms with van der Waals surface area (Å²) in [6, 6.07) is 5.16. The summed E-state index contributed by atoms with van der Waals surface area (Å²) in [4.78, 5) is 19.3. The van der Waals surface area contributed by atoms with Crippen molar-refractivity contribution in [3.8, 4) is 11.1 Å². The van der Waals surface area contributed by atoms with E-state index in [1.807, 2.05) is 0 Å². The third-order valence-electron chi connectivity index (χ3n) is 3.29. The van der Waals surface area contributed by atoms with Crippen LogP contribution in [0.15, 0.2) is 36.8 Å². The summed E-state index contributed by atoms with van der Waals surface area (Å²) < 4.78 is 26.7. The molecule has 0 unspecified atom stereocenters. The average Bonchev–Trinajstić information content (AvgIpc) is 2.53. The van der Waals surface area contributed by atoms with E-state index in [1.165, 1.54) is 34.3 Å². The van der Waals surface area contributed by atoms with Crippen LogP contribution >= 0.6 is 0 Å². The molecule has 2 heterocycles. The van der Waals surface area contributed by atoms with Crippen LogP contribution in [0.25, 0.3) is 11.1 Å². The molecule has 2 rings (SSSR count). The van der Waals surface area contributed by atoms with E-state index in [2.05, 4.69) is 15.3 Å². The molecule has 0 radical (unpaired) electrons. The maximum absolute atomic E-state index is 12.2. The summed E-state index contributed by atoms with van der Waals surface area (Å²) in [5.41, 5.74) is 1.90. The lowest BCUT2D eigenvalue weighted by molar-refractivity contribution is -0.114. The monoisotopic (exact) mass is 349 g/mol. The highest BCUT2D eigenvalue weighted by Gasteiger charge is 2.21. The Hall–Kier alpha value is -2.52. The first kappa shape index (κ1) is 17.8. The second-order valence-corrected chi connectivity index (χ2v) is 7.47. The smallest absolute Gasteiger partial charge is 0.303 e. The van der Waals surface area contributed by atoms with Gasteiger partial charge >= 0.3 is 10.2 Å². The first-order valence-electron chi connectivity index (χ1n) is 7.07. The second-order valence-electron chi connectivity index (χ2n) is 5.30. The van der Waals surface area contributed by atoms with Gasteiger partial charge in [-0.15, -0.1) is 0 Å². The Bertz CT molecular complexity index is 852. The summed E-state index contributed by atoms with van der Waals surface area (Å²) in [5, 5.41) is 2.61. The summed E-state index contributed by atoms with van der Waals surface area (Å²) in [7, 11) is 0.796. The Morgan fingerprint density at radius 2 is 1.83 bits per heavy atom. The number of nitrogens with one attached hydrogen (secondary N) is 1. The fourth-order valence-electron chi connectivity index (χ4n) is 1.99. The molecule has 0 aliphatic rings. The predicted octanol–water partition coefficient (Wildman–Crippen LogP) is 1.34. The Morgan fingerprint density at radius 1 is 1.12 bits per heavy atom. The fourth-order valence-corrected chi connectivity index (χ4v) is 2.85. The Balaban J connectivity index is 2.39. The Kier molecular flexibility index (Phi) is 5.15. The fraction of sp³-hybridized carbons (Fsp3) is 0.267. The van der Waals surface area contributed by atoms with Gasteiger partial charge < -0.3 is 5.32 Å². The summed E-state index contributed by atoms with van der Waals surface area (Å²) >= 11 is 0. The normalized spacial score (nSPS) is 11.4. The topological polar surface area (TPSA) is 95.5 Å². The van der Waals surface area contributed by atoms with Gasteiger partial charge in [0, 0.05) is 46.0 Å². The molecule has 0 saturated heterocycles. The van der Waals surface area contributed by atoms with Gasteiger partial charge in [0.2, 0.25) is 5.91 Å². The van der Waals surface area contributed by atoms with Crippen LogP contribution in [0, 0.1) is 0 Å². The van der Waals surface area contributed by atoms with Gasteiger partial charge in [-0.25, -0.2) is 4.98 Å². The van der Waals surface area contributed by atoms with Crippen LogP contribution in [-0.4, -0.2) is 49.7 Å². The number of pyridine rings is 2. The highest BCUT2D eigenvalue weighted by Crippen LogP contribution is 2.25. The molecule has 0 atom stereocenters. The molecule has 128 valence electrons. The SMILES string of the molecule is CC(=O)Nc1cc(-c2cncc(N(C)S(=O)(=O)N(C)C)c2)ccn1. The molecule has 24 heavy (non-hydrogen) atoms. The van der Waals surface area contributed by atoms with Gasteiger partial charge in [0.15, 0.2) is 0 Å². The van der Waals surface area contributed by atoms with E-state index >= 15 is 0 Å². The average molecular weight is 349 g/mol. The molecule has 9 heteroatoms. The van der Waals surface area contributed by atoms with E-state index in [0.29, 0.717) is 17.1 Å². The first-order chi connectivity index (χ1) is 11.2. The molecule has 1 N–H and O–H groups in total. The van der Waals surface area contributed by atoms with Gasteiger partial charge in [0.25, 0.3) is 0 Å². The molecule has 2 aromatic heterocycles. The number of rotatable bonds is 5. The summed E-state index contributed by atoms with van der Waals surface area (Å²) in [5.74, 6) is 0.197. The van der Waals surface area contributed by atoms with E-state index in [4.69, 9.17) is 0 Å². The minimum absolute atomic E-state index is 0.219. The van der Waals surface area contributed by atoms with Gasteiger partial charge in [0.05, 0.1) is 11.9 Å². The van der Waals surface area contributed by atoms with Crippen molar-refractivity contribution in [1.82, 2.24) is 14.3 Å². The lowest BCUT2D eigenvalue weighted by Gasteiger charge is -2.23. The van der Waals surface area contributed by atoms with Crippen LogP contribution < -0.4 is 9.62 Å². The van der Waals surface area contributed by atoms with Crippen LogP contribution in [-0.2, 0) is 15.0 Å². The van der Waals surface area contributed by atoms with Crippen molar-refractivity contribution >= 4 is 27.6 Å². The third kappa shape index (κ3) is 3.87. The molecule has 0 spiro atoms. The van der Waals surface area contributed by atoms with Crippen LogP contribution in [0.2, 0.25) is 0 Å². The van der Waals surface area contributed by atoms with Crippen LogP contribution in [0.1, 0.15) is 6.92 Å². The maximum atomic E-state index is 12.2. The van der Waals surface area contributed by atoms with Crippen LogP contribution in [0.5, 0.6) is 0 Å².